The average molecular weight is 430 g/mol. The third-order valence-electron chi connectivity index (χ3n) is 6.70. The Morgan fingerprint density at radius 1 is 1.10 bits per heavy atom. The number of benzene rings is 2. The first-order chi connectivity index (χ1) is 14.4. The summed E-state index contributed by atoms with van der Waals surface area (Å²) in [4.78, 5) is 0.230. The molecule has 4 rings (SSSR count). The molecule has 0 aromatic heterocycles. The summed E-state index contributed by atoms with van der Waals surface area (Å²) in [5.74, 6) is 1.18. The van der Waals surface area contributed by atoms with Crippen LogP contribution in [0.25, 0.3) is 0 Å². The summed E-state index contributed by atoms with van der Waals surface area (Å²) in [6.45, 7) is 4.19. The average Bonchev–Trinajstić information content (AvgIpc) is 2.77. The normalized spacial score (nSPS) is 20.0. The van der Waals surface area contributed by atoms with Crippen molar-refractivity contribution in [3.8, 4) is 11.5 Å². The molecule has 0 saturated carbocycles. The molecule has 30 heavy (non-hydrogen) atoms. The Labute approximate surface area is 179 Å². The van der Waals surface area contributed by atoms with E-state index in [1.807, 2.05) is 36.4 Å². The van der Waals surface area contributed by atoms with Crippen LogP contribution in [-0.4, -0.2) is 21.1 Å². The first-order valence-corrected chi connectivity index (χ1v) is 12.4. The Balaban J connectivity index is 1.73. The van der Waals surface area contributed by atoms with Crippen molar-refractivity contribution < 1.29 is 17.9 Å². The highest BCUT2D eigenvalue weighted by molar-refractivity contribution is 7.89. The van der Waals surface area contributed by atoms with Crippen LogP contribution < -0.4 is 14.2 Å². The van der Waals surface area contributed by atoms with E-state index in [2.05, 4.69) is 18.6 Å². The quantitative estimate of drug-likeness (QED) is 0.707. The standard InChI is InChI=1S/C24H31NO4S/c1-4-24(5-2)16-20(19-12-8-9-13-21(19)29-24)25-30(26,27)23-15-18-11-7-6-10-17(18)14-22(23)28-3/h8-9,12-15,20,25H,4-7,10-11,16H2,1-3H3/t20-/m1/s1. The van der Waals surface area contributed by atoms with Gasteiger partial charge in [0.15, 0.2) is 0 Å². The Kier molecular flexibility index (Phi) is 5.82. The number of sulfonamides is 1. The molecular formula is C24H31NO4S. The molecule has 2 aliphatic rings. The van der Waals surface area contributed by atoms with E-state index in [0.717, 1.165) is 55.4 Å². The van der Waals surface area contributed by atoms with Gasteiger partial charge in [-0.3, -0.25) is 0 Å². The molecule has 1 N–H and O–H groups in total. The molecule has 6 heteroatoms. The van der Waals surface area contributed by atoms with Crippen LogP contribution in [0, 0.1) is 0 Å². The summed E-state index contributed by atoms with van der Waals surface area (Å²) in [5.41, 5.74) is 2.83. The fourth-order valence-corrected chi connectivity index (χ4v) is 6.18. The van der Waals surface area contributed by atoms with E-state index in [1.54, 1.807) is 0 Å². The maximum absolute atomic E-state index is 13.5. The molecule has 162 valence electrons. The minimum Gasteiger partial charge on any atom is -0.495 e. The lowest BCUT2D eigenvalue weighted by Crippen LogP contribution is -2.44. The summed E-state index contributed by atoms with van der Waals surface area (Å²) < 4.78 is 41.9. The molecule has 1 atom stereocenters. The van der Waals surface area contributed by atoms with Gasteiger partial charge in [-0.2, -0.15) is 0 Å². The van der Waals surface area contributed by atoms with E-state index >= 15 is 0 Å². The van der Waals surface area contributed by atoms with Gasteiger partial charge in [-0.25, -0.2) is 13.1 Å². The Morgan fingerprint density at radius 3 is 2.43 bits per heavy atom. The first-order valence-electron chi connectivity index (χ1n) is 10.9. The van der Waals surface area contributed by atoms with E-state index in [-0.39, 0.29) is 16.5 Å². The molecule has 2 aromatic rings. The zero-order valence-corrected chi connectivity index (χ0v) is 18.8. The molecule has 1 aliphatic heterocycles. The fraction of sp³-hybridized carbons (Fsp3) is 0.500. The second-order valence-corrected chi connectivity index (χ2v) is 10.1. The largest absolute Gasteiger partial charge is 0.495 e. The lowest BCUT2D eigenvalue weighted by molar-refractivity contribution is 0.0260. The second-order valence-electron chi connectivity index (χ2n) is 8.39. The van der Waals surface area contributed by atoms with E-state index in [1.165, 1.54) is 12.7 Å². The third-order valence-corrected chi connectivity index (χ3v) is 8.19. The van der Waals surface area contributed by atoms with E-state index < -0.39 is 10.0 Å². The molecule has 0 radical (unpaired) electrons. The maximum atomic E-state index is 13.5. The van der Waals surface area contributed by atoms with Crippen molar-refractivity contribution in [3.05, 3.63) is 53.1 Å². The number of methoxy groups -OCH3 is 1. The zero-order chi connectivity index (χ0) is 21.4. The minimum atomic E-state index is -3.78. The molecule has 0 spiro atoms. The number of rotatable bonds is 6. The number of aryl methyl sites for hydroxylation is 2. The fourth-order valence-electron chi connectivity index (χ4n) is 4.77. The molecule has 0 fully saturated rings. The van der Waals surface area contributed by atoms with Crippen molar-refractivity contribution >= 4 is 10.0 Å². The highest BCUT2D eigenvalue weighted by atomic mass is 32.2. The molecule has 0 amide bonds. The summed E-state index contributed by atoms with van der Waals surface area (Å²) >= 11 is 0. The van der Waals surface area contributed by atoms with E-state index in [9.17, 15) is 8.42 Å². The number of hydrogen-bond donors (Lipinski definition) is 1. The highest BCUT2D eigenvalue weighted by Gasteiger charge is 2.40. The van der Waals surface area contributed by atoms with Crippen molar-refractivity contribution in [2.75, 3.05) is 7.11 Å². The van der Waals surface area contributed by atoms with Crippen molar-refractivity contribution in [2.45, 2.75) is 75.3 Å². The van der Waals surface area contributed by atoms with E-state index in [4.69, 9.17) is 9.47 Å². The van der Waals surface area contributed by atoms with Gasteiger partial charge in [0.05, 0.1) is 13.2 Å². The van der Waals surface area contributed by atoms with Gasteiger partial charge >= 0.3 is 0 Å². The topological polar surface area (TPSA) is 64.6 Å². The van der Waals surface area contributed by atoms with Crippen molar-refractivity contribution in [1.29, 1.82) is 0 Å². The van der Waals surface area contributed by atoms with Crippen LogP contribution in [0.15, 0.2) is 41.3 Å². The van der Waals surface area contributed by atoms with Gasteiger partial charge in [0.1, 0.15) is 22.0 Å². The first kappa shape index (κ1) is 21.2. The Bertz CT molecular complexity index is 1030. The van der Waals surface area contributed by atoms with Gasteiger partial charge < -0.3 is 9.47 Å². The van der Waals surface area contributed by atoms with Gasteiger partial charge in [-0.1, -0.05) is 32.0 Å². The number of nitrogens with one attached hydrogen (secondary N) is 1. The third kappa shape index (κ3) is 3.83. The zero-order valence-electron chi connectivity index (χ0n) is 18.0. The van der Waals surface area contributed by atoms with Crippen LogP contribution in [0.3, 0.4) is 0 Å². The summed E-state index contributed by atoms with van der Waals surface area (Å²) in [6, 6.07) is 11.1. The second kappa shape index (κ2) is 8.23. The molecule has 1 heterocycles. The van der Waals surface area contributed by atoms with Crippen LogP contribution >= 0.6 is 0 Å². The molecule has 2 aromatic carbocycles. The van der Waals surface area contributed by atoms with Gasteiger partial charge in [0.2, 0.25) is 10.0 Å². The Morgan fingerprint density at radius 2 is 1.77 bits per heavy atom. The number of ether oxygens (including phenoxy) is 2. The minimum absolute atomic E-state index is 0.230. The van der Waals surface area contributed by atoms with Crippen LogP contribution in [0.2, 0.25) is 0 Å². The Hall–Kier alpha value is -2.05. The molecule has 0 saturated heterocycles. The van der Waals surface area contributed by atoms with Crippen molar-refractivity contribution in [1.82, 2.24) is 4.72 Å². The lowest BCUT2D eigenvalue weighted by atomic mass is 9.84. The van der Waals surface area contributed by atoms with Gasteiger partial charge in [-0.15, -0.1) is 0 Å². The monoisotopic (exact) mass is 429 g/mol. The number of hydrogen-bond acceptors (Lipinski definition) is 4. The van der Waals surface area contributed by atoms with Crippen LogP contribution in [-0.2, 0) is 22.9 Å². The van der Waals surface area contributed by atoms with Gasteiger partial charge in [-0.05, 0) is 67.9 Å². The van der Waals surface area contributed by atoms with Crippen molar-refractivity contribution in [3.63, 3.8) is 0 Å². The number of para-hydroxylation sites is 1. The smallest absolute Gasteiger partial charge is 0.244 e. The van der Waals surface area contributed by atoms with E-state index in [0.29, 0.717) is 12.2 Å². The lowest BCUT2D eigenvalue weighted by Gasteiger charge is -2.41. The van der Waals surface area contributed by atoms with Crippen LogP contribution in [0.1, 0.15) is 68.7 Å². The highest BCUT2D eigenvalue weighted by Crippen LogP contribution is 2.43. The molecule has 1 aliphatic carbocycles. The predicted octanol–water partition coefficient (Wildman–Crippen LogP) is 4.93. The maximum Gasteiger partial charge on any atom is 0.244 e. The molecule has 5 nitrogen and oxygen atoms in total. The summed E-state index contributed by atoms with van der Waals surface area (Å²) in [5, 5.41) is 0. The summed E-state index contributed by atoms with van der Waals surface area (Å²) in [7, 11) is -2.24. The SMILES string of the molecule is CCC1(CC)C[C@@H](NS(=O)(=O)c2cc3c(cc2OC)CCCC3)c2ccccc2O1. The van der Waals surface area contributed by atoms with Gasteiger partial charge in [0, 0.05) is 12.0 Å². The van der Waals surface area contributed by atoms with Gasteiger partial charge in [0.25, 0.3) is 0 Å². The van der Waals surface area contributed by atoms with Crippen LogP contribution in [0.4, 0.5) is 0 Å². The molecular weight excluding hydrogens is 398 g/mol. The summed E-state index contributed by atoms with van der Waals surface area (Å²) in [6.07, 6.45) is 6.35. The number of fused-ring (bicyclic) bond motifs is 2. The van der Waals surface area contributed by atoms with Crippen molar-refractivity contribution in [2.24, 2.45) is 0 Å². The predicted molar refractivity (Wildman–Crippen MR) is 118 cm³/mol. The van der Waals surface area contributed by atoms with Crippen LogP contribution in [0.5, 0.6) is 11.5 Å². The molecule has 0 unspecified atom stereocenters. The molecule has 0 bridgehead atoms.